The summed E-state index contributed by atoms with van der Waals surface area (Å²) in [6, 6.07) is 13.0. The summed E-state index contributed by atoms with van der Waals surface area (Å²) in [6.07, 6.45) is 2.47. The Morgan fingerprint density at radius 3 is 2.30 bits per heavy atom. The number of anilines is 2. The topological polar surface area (TPSA) is 83.6 Å². The van der Waals surface area contributed by atoms with E-state index in [9.17, 15) is 18.0 Å². The summed E-state index contributed by atoms with van der Waals surface area (Å²) in [5.41, 5.74) is 1.78. The Labute approximate surface area is 159 Å². The second kappa shape index (κ2) is 7.92. The third-order valence-corrected chi connectivity index (χ3v) is 6.37. The predicted octanol–water partition coefficient (Wildman–Crippen LogP) is 3.25. The quantitative estimate of drug-likeness (QED) is 0.855. The Balaban J connectivity index is 1.68. The van der Waals surface area contributed by atoms with Crippen LogP contribution >= 0.6 is 0 Å². The lowest BCUT2D eigenvalue weighted by Gasteiger charge is -2.26. The van der Waals surface area contributed by atoms with Gasteiger partial charge in [-0.2, -0.15) is 0 Å². The van der Waals surface area contributed by atoms with E-state index in [2.05, 4.69) is 5.32 Å². The molecule has 2 amide bonds. The molecule has 0 spiro atoms. The molecule has 1 heterocycles. The first-order valence-corrected chi connectivity index (χ1v) is 10.6. The molecule has 27 heavy (non-hydrogen) atoms. The van der Waals surface area contributed by atoms with E-state index in [0.717, 1.165) is 18.5 Å². The lowest BCUT2D eigenvalue weighted by atomic mass is 10.1. The highest BCUT2D eigenvalue weighted by molar-refractivity contribution is 7.91. The molecule has 6 nitrogen and oxygen atoms in total. The predicted molar refractivity (Wildman–Crippen MR) is 105 cm³/mol. The van der Waals surface area contributed by atoms with Crippen LogP contribution in [0.3, 0.4) is 0 Å². The van der Waals surface area contributed by atoms with E-state index in [-0.39, 0.29) is 22.5 Å². The van der Waals surface area contributed by atoms with Gasteiger partial charge in [-0.3, -0.25) is 9.59 Å². The number of carbonyl (C=O) groups excluding carboxylic acids is 2. The van der Waals surface area contributed by atoms with E-state index in [1.807, 2.05) is 0 Å². The molecule has 7 heteroatoms. The summed E-state index contributed by atoms with van der Waals surface area (Å²) in [5.74, 6) is -0.150. The van der Waals surface area contributed by atoms with Crippen molar-refractivity contribution in [3.8, 4) is 0 Å². The summed E-state index contributed by atoms with van der Waals surface area (Å²) in [6.45, 7) is 2.30. The van der Waals surface area contributed by atoms with Crippen molar-refractivity contribution in [3.63, 3.8) is 0 Å². The molecule has 0 unspecified atom stereocenters. The van der Waals surface area contributed by atoms with E-state index in [1.54, 1.807) is 48.2 Å². The first-order valence-electron chi connectivity index (χ1n) is 8.95. The highest BCUT2D eigenvalue weighted by Crippen LogP contribution is 2.22. The first kappa shape index (κ1) is 19.1. The number of nitrogens with one attached hydrogen (secondary N) is 1. The smallest absolute Gasteiger partial charge is 0.255 e. The molecular formula is C20H22N2O4S. The largest absolute Gasteiger partial charge is 0.322 e. The fraction of sp³-hybridized carbons (Fsp3) is 0.300. The molecule has 1 aliphatic rings. The van der Waals surface area contributed by atoms with Crippen LogP contribution in [0.5, 0.6) is 0 Å². The zero-order valence-electron chi connectivity index (χ0n) is 15.1. The molecule has 0 radical (unpaired) electrons. The van der Waals surface area contributed by atoms with Crippen LogP contribution in [0.1, 0.15) is 36.5 Å². The average molecular weight is 386 g/mol. The van der Waals surface area contributed by atoms with E-state index >= 15 is 0 Å². The van der Waals surface area contributed by atoms with Crippen LogP contribution in [0, 0.1) is 0 Å². The van der Waals surface area contributed by atoms with Crippen LogP contribution in [0.15, 0.2) is 53.4 Å². The zero-order valence-corrected chi connectivity index (χ0v) is 16.0. The number of hydrogen-bond acceptors (Lipinski definition) is 4. The highest BCUT2D eigenvalue weighted by Gasteiger charge is 2.19. The number of carbonyl (C=O) groups is 2. The summed E-state index contributed by atoms with van der Waals surface area (Å²) >= 11 is 0. The fourth-order valence-corrected chi connectivity index (χ4v) is 3.87. The summed E-state index contributed by atoms with van der Waals surface area (Å²) in [5, 5.41) is 2.75. The van der Waals surface area contributed by atoms with Gasteiger partial charge in [-0.25, -0.2) is 8.42 Å². The van der Waals surface area contributed by atoms with Crippen molar-refractivity contribution in [2.75, 3.05) is 22.5 Å². The van der Waals surface area contributed by atoms with Gasteiger partial charge in [0.1, 0.15) is 0 Å². The minimum atomic E-state index is -3.26. The third-order valence-electron chi connectivity index (χ3n) is 4.62. The Morgan fingerprint density at radius 2 is 1.70 bits per heavy atom. The van der Waals surface area contributed by atoms with Gasteiger partial charge in [0.15, 0.2) is 9.84 Å². The summed E-state index contributed by atoms with van der Waals surface area (Å²) in [4.78, 5) is 26.4. The van der Waals surface area contributed by atoms with Gasteiger partial charge in [0.25, 0.3) is 5.91 Å². The average Bonchev–Trinajstić information content (AvgIpc) is 2.69. The molecule has 0 saturated carbocycles. The van der Waals surface area contributed by atoms with Gasteiger partial charge in [-0.05, 0) is 61.4 Å². The molecular weight excluding hydrogens is 364 g/mol. The van der Waals surface area contributed by atoms with Crippen molar-refractivity contribution < 1.29 is 18.0 Å². The minimum Gasteiger partial charge on any atom is -0.322 e. The van der Waals surface area contributed by atoms with E-state index < -0.39 is 9.84 Å². The minimum absolute atomic E-state index is 0.0323. The number of benzene rings is 2. The van der Waals surface area contributed by atoms with Crippen molar-refractivity contribution in [3.05, 3.63) is 54.1 Å². The van der Waals surface area contributed by atoms with E-state index in [4.69, 9.17) is 0 Å². The lowest BCUT2D eigenvalue weighted by Crippen LogP contribution is -2.35. The van der Waals surface area contributed by atoms with Crippen LogP contribution in [0.25, 0.3) is 0 Å². The van der Waals surface area contributed by atoms with Gasteiger partial charge in [-0.1, -0.05) is 6.92 Å². The van der Waals surface area contributed by atoms with Gasteiger partial charge in [0.2, 0.25) is 5.91 Å². The van der Waals surface area contributed by atoms with Crippen molar-refractivity contribution in [1.29, 1.82) is 0 Å². The SMILES string of the molecule is CCS(=O)(=O)c1ccc(NC(=O)c2ccc(N3CCCCC3=O)cc2)cc1. The summed E-state index contributed by atoms with van der Waals surface area (Å²) < 4.78 is 23.7. The maximum absolute atomic E-state index is 12.4. The molecule has 3 rings (SSSR count). The second-order valence-corrected chi connectivity index (χ2v) is 8.71. The molecule has 1 fully saturated rings. The maximum Gasteiger partial charge on any atom is 0.255 e. The molecule has 1 aliphatic heterocycles. The van der Waals surface area contributed by atoms with Crippen LogP contribution in [0.4, 0.5) is 11.4 Å². The Bertz CT molecular complexity index is 935. The van der Waals surface area contributed by atoms with Gasteiger partial charge in [-0.15, -0.1) is 0 Å². The normalized spacial score (nSPS) is 14.9. The monoisotopic (exact) mass is 386 g/mol. The number of rotatable bonds is 5. The second-order valence-electron chi connectivity index (χ2n) is 6.43. The van der Waals surface area contributed by atoms with Crippen molar-refractivity contribution >= 4 is 33.0 Å². The number of nitrogens with zero attached hydrogens (tertiary/aromatic N) is 1. The lowest BCUT2D eigenvalue weighted by molar-refractivity contribution is -0.119. The van der Waals surface area contributed by atoms with Crippen LogP contribution in [-0.4, -0.2) is 32.5 Å². The number of sulfone groups is 1. The molecule has 0 bridgehead atoms. The van der Waals surface area contributed by atoms with Gasteiger partial charge >= 0.3 is 0 Å². The van der Waals surface area contributed by atoms with Crippen molar-refractivity contribution in [1.82, 2.24) is 0 Å². The van der Waals surface area contributed by atoms with E-state index in [1.165, 1.54) is 12.1 Å². The molecule has 2 aromatic carbocycles. The number of hydrogen-bond donors (Lipinski definition) is 1. The molecule has 0 aliphatic carbocycles. The number of piperidine rings is 1. The van der Waals surface area contributed by atoms with Crippen molar-refractivity contribution in [2.45, 2.75) is 31.1 Å². The molecule has 0 aromatic heterocycles. The van der Waals surface area contributed by atoms with Crippen LogP contribution in [-0.2, 0) is 14.6 Å². The molecule has 2 aromatic rings. The molecule has 142 valence electrons. The number of amides is 2. The Morgan fingerprint density at radius 1 is 1.04 bits per heavy atom. The van der Waals surface area contributed by atoms with Gasteiger partial charge < -0.3 is 10.2 Å². The molecule has 0 atom stereocenters. The zero-order chi connectivity index (χ0) is 19.4. The Kier molecular flexibility index (Phi) is 5.60. The summed E-state index contributed by atoms with van der Waals surface area (Å²) in [7, 11) is -3.26. The first-order chi connectivity index (χ1) is 12.9. The maximum atomic E-state index is 12.4. The molecule has 1 N–H and O–H groups in total. The Hall–Kier alpha value is -2.67. The van der Waals surface area contributed by atoms with E-state index in [0.29, 0.717) is 24.2 Å². The van der Waals surface area contributed by atoms with Gasteiger partial charge in [0.05, 0.1) is 10.6 Å². The van der Waals surface area contributed by atoms with Crippen LogP contribution < -0.4 is 10.2 Å². The van der Waals surface area contributed by atoms with Gasteiger partial charge in [0, 0.05) is 29.9 Å². The van der Waals surface area contributed by atoms with Crippen molar-refractivity contribution in [2.24, 2.45) is 0 Å². The fourth-order valence-electron chi connectivity index (χ4n) is 2.99. The third kappa shape index (κ3) is 4.36. The highest BCUT2D eigenvalue weighted by atomic mass is 32.2. The molecule has 1 saturated heterocycles. The standard InChI is InChI=1S/C20H22N2O4S/c1-2-27(25,26)18-12-8-16(9-13-18)21-20(24)15-6-10-17(11-7-15)22-14-4-3-5-19(22)23/h6-13H,2-5,14H2,1H3,(H,21,24). The van der Waals surface area contributed by atoms with Crippen LogP contribution in [0.2, 0.25) is 0 Å².